The first kappa shape index (κ1) is 9.97. The molecular weight excluding hydrogens is 212 g/mol. The minimum Gasteiger partial charge on any atom is -0.504 e. The number of nitrogens with one attached hydrogen (secondary N) is 1. The number of aromatic amines is 1. The van der Waals surface area contributed by atoms with Gasteiger partial charge >= 0.3 is 0 Å². The van der Waals surface area contributed by atoms with Crippen LogP contribution in [-0.4, -0.2) is 31.5 Å². The Bertz CT molecular complexity index is 549. The summed E-state index contributed by atoms with van der Waals surface area (Å²) in [5.41, 5.74) is 5.26. The van der Waals surface area contributed by atoms with E-state index in [1.807, 2.05) is 0 Å². The average molecular weight is 220 g/mol. The molecule has 0 unspecified atom stereocenters. The van der Waals surface area contributed by atoms with Crippen LogP contribution in [0.3, 0.4) is 0 Å². The number of hydrogen-bond acceptors (Lipinski definition) is 5. The fourth-order valence-electron chi connectivity index (χ4n) is 1.31. The first-order chi connectivity index (χ1) is 7.61. The summed E-state index contributed by atoms with van der Waals surface area (Å²) in [5, 5.41) is 28.4. The third-order valence-corrected chi connectivity index (χ3v) is 2.05. The molecule has 1 aromatic carbocycles. The van der Waals surface area contributed by atoms with Crippen LogP contribution in [0.1, 0.15) is 10.5 Å². The van der Waals surface area contributed by atoms with E-state index in [-0.39, 0.29) is 28.5 Å². The number of nitrogens with two attached hydrogens (primary N) is 1. The van der Waals surface area contributed by atoms with E-state index < -0.39 is 5.91 Å². The van der Waals surface area contributed by atoms with Crippen molar-refractivity contribution < 1.29 is 15.0 Å². The second-order valence-electron chi connectivity index (χ2n) is 3.06. The number of aromatic hydroxyl groups is 2. The molecule has 0 aliphatic heterocycles. The Morgan fingerprint density at radius 2 is 2.06 bits per heavy atom. The van der Waals surface area contributed by atoms with Gasteiger partial charge < -0.3 is 15.9 Å². The third kappa shape index (κ3) is 1.44. The van der Waals surface area contributed by atoms with Gasteiger partial charge in [-0.1, -0.05) is 6.07 Å². The number of rotatable bonds is 2. The first-order valence-corrected chi connectivity index (χ1v) is 4.33. The highest BCUT2D eigenvalue weighted by molar-refractivity contribution is 5.97. The first-order valence-electron chi connectivity index (χ1n) is 4.33. The molecule has 0 bridgehead atoms. The zero-order valence-electron chi connectivity index (χ0n) is 8.01. The van der Waals surface area contributed by atoms with E-state index in [0.717, 1.165) is 0 Å². The van der Waals surface area contributed by atoms with Gasteiger partial charge in [-0.2, -0.15) is 15.4 Å². The summed E-state index contributed by atoms with van der Waals surface area (Å²) in [5.74, 6) is -1.46. The molecule has 0 fully saturated rings. The summed E-state index contributed by atoms with van der Waals surface area (Å²) in [4.78, 5) is 11.0. The summed E-state index contributed by atoms with van der Waals surface area (Å²) < 4.78 is 0. The molecule has 1 aromatic heterocycles. The molecule has 0 aliphatic carbocycles. The Labute approximate surface area is 89.5 Å². The molecule has 2 rings (SSSR count). The second kappa shape index (κ2) is 3.54. The molecule has 1 heterocycles. The van der Waals surface area contributed by atoms with E-state index in [2.05, 4.69) is 15.4 Å². The molecule has 0 saturated heterocycles. The lowest BCUT2D eigenvalue weighted by molar-refractivity contribution is 0.0996. The number of phenolic OH excluding ortho intramolecular Hbond substituents is 2. The largest absolute Gasteiger partial charge is 0.504 e. The van der Waals surface area contributed by atoms with Crippen LogP contribution in [0.4, 0.5) is 0 Å². The molecule has 0 saturated carbocycles. The normalized spacial score (nSPS) is 10.2. The number of primary amides is 1. The van der Waals surface area contributed by atoms with Crippen molar-refractivity contribution in [1.29, 1.82) is 0 Å². The number of carbonyl (C=O) groups is 1. The van der Waals surface area contributed by atoms with Crippen LogP contribution in [0.25, 0.3) is 11.3 Å². The van der Waals surface area contributed by atoms with E-state index in [9.17, 15) is 15.0 Å². The fraction of sp³-hybridized carbons (Fsp3) is 0. The maximum atomic E-state index is 11.0. The van der Waals surface area contributed by atoms with Crippen molar-refractivity contribution in [1.82, 2.24) is 15.4 Å². The topological polar surface area (TPSA) is 125 Å². The van der Waals surface area contributed by atoms with Crippen molar-refractivity contribution >= 4 is 5.91 Å². The van der Waals surface area contributed by atoms with Gasteiger partial charge in [-0.25, -0.2) is 0 Å². The van der Waals surface area contributed by atoms with Crippen molar-refractivity contribution in [3.8, 4) is 22.8 Å². The minimum atomic E-state index is -0.772. The highest BCUT2D eigenvalue weighted by atomic mass is 16.3. The quantitative estimate of drug-likeness (QED) is 0.529. The lowest BCUT2D eigenvalue weighted by Gasteiger charge is -2.03. The van der Waals surface area contributed by atoms with Crippen molar-refractivity contribution in [2.24, 2.45) is 5.73 Å². The number of benzene rings is 1. The standard InChI is InChI=1S/C9H8N4O3/c10-9(16)7-6(11-13-12-7)4-2-1-3-5(14)8(4)15/h1-3,14-15H,(H2,10,16)(H,11,12,13). The minimum absolute atomic E-state index is 0.0964. The van der Waals surface area contributed by atoms with Crippen LogP contribution >= 0.6 is 0 Å². The Kier molecular flexibility index (Phi) is 2.20. The molecule has 2 aromatic rings. The highest BCUT2D eigenvalue weighted by Gasteiger charge is 2.19. The Hall–Kier alpha value is -2.57. The van der Waals surface area contributed by atoms with Gasteiger partial charge in [-0.3, -0.25) is 4.79 Å². The molecule has 5 N–H and O–H groups in total. The molecule has 0 atom stereocenters. The van der Waals surface area contributed by atoms with Gasteiger partial charge in [0.05, 0.1) is 5.56 Å². The van der Waals surface area contributed by atoms with Gasteiger partial charge in [0.2, 0.25) is 0 Å². The van der Waals surface area contributed by atoms with E-state index in [1.165, 1.54) is 18.2 Å². The van der Waals surface area contributed by atoms with Crippen LogP contribution in [0.5, 0.6) is 11.5 Å². The fourth-order valence-corrected chi connectivity index (χ4v) is 1.31. The zero-order valence-corrected chi connectivity index (χ0v) is 8.01. The van der Waals surface area contributed by atoms with Crippen molar-refractivity contribution in [3.63, 3.8) is 0 Å². The van der Waals surface area contributed by atoms with Crippen LogP contribution in [-0.2, 0) is 0 Å². The van der Waals surface area contributed by atoms with Crippen molar-refractivity contribution in [2.45, 2.75) is 0 Å². The number of phenols is 2. The van der Waals surface area contributed by atoms with Gasteiger partial charge in [-0.05, 0) is 12.1 Å². The zero-order chi connectivity index (χ0) is 11.7. The van der Waals surface area contributed by atoms with E-state index in [4.69, 9.17) is 5.73 Å². The van der Waals surface area contributed by atoms with Gasteiger partial charge in [0, 0.05) is 0 Å². The molecule has 0 spiro atoms. The number of H-pyrrole nitrogens is 1. The number of carbonyl (C=O) groups excluding carboxylic acids is 1. The molecule has 1 amide bonds. The average Bonchev–Trinajstić information content (AvgIpc) is 2.70. The van der Waals surface area contributed by atoms with Crippen LogP contribution in [0, 0.1) is 0 Å². The number of aromatic nitrogens is 3. The number of nitrogens with zero attached hydrogens (tertiary/aromatic N) is 2. The van der Waals surface area contributed by atoms with Gasteiger partial charge in [0.1, 0.15) is 5.69 Å². The lowest BCUT2D eigenvalue weighted by atomic mass is 10.1. The highest BCUT2D eigenvalue weighted by Crippen LogP contribution is 2.35. The smallest absolute Gasteiger partial charge is 0.271 e. The lowest BCUT2D eigenvalue weighted by Crippen LogP contribution is -2.12. The SMILES string of the molecule is NC(=O)c1n[nH]nc1-c1cccc(O)c1O. The van der Waals surface area contributed by atoms with Crippen LogP contribution < -0.4 is 5.73 Å². The monoisotopic (exact) mass is 220 g/mol. The maximum Gasteiger partial charge on any atom is 0.271 e. The number of amides is 1. The van der Waals surface area contributed by atoms with E-state index in [0.29, 0.717) is 0 Å². The molecule has 7 heteroatoms. The predicted octanol–water partition coefficient (Wildman–Crippen LogP) is -0.0182. The van der Waals surface area contributed by atoms with E-state index in [1.54, 1.807) is 0 Å². The molecular formula is C9H8N4O3. The predicted molar refractivity (Wildman–Crippen MR) is 53.7 cm³/mol. The second-order valence-corrected chi connectivity index (χ2v) is 3.06. The van der Waals surface area contributed by atoms with Gasteiger partial charge in [0.25, 0.3) is 5.91 Å². The van der Waals surface area contributed by atoms with Crippen LogP contribution in [0.2, 0.25) is 0 Å². The van der Waals surface area contributed by atoms with Crippen molar-refractivity contribution in [2.75, 3.05) is 0 Å². The molecule has 0 aliphatic rings. The van der Waals surface area contributed by atoms with Crippen molar-refractivity contribution in [3.05, 3.63) is 23.9 Å². The summed E-state index contributed by atoms with van der Waals surface area (Å²) in [6.45, 7) is 0. The number of para-hydroxylation sites is 1. The summed E-state index contributed by atoms with van der Waals surface area (Å²) in [7, 11) is 0. The Morgan fingerprint density at radius 3 is 2.75 bits per heavy atom. The third-order valence-electron chi connectivity index (χ3n) is 2.05. The Morgan fingerprint density at radius 1 is 1.31 bits per heavy atom. The molecule has 82 valence electrons. The molecule has 7 nitrogen and oxygen atoms in total. The van der Waals surface area contributed by atoms with Crippen LogP contribution in [0.15, 0.2) is 18.2 Å². The Balaban J connectivity index is 2.63. The number of hydrogen-bond donors (Lipinski definition) is 4. The summed E-state index contributed by atoms with van der Waals surface area (Å²) in [6, 6.07) is 4.30. The molecule has 16 heavy (non-hydrogen) atoms. The maximum absolute atomic E-state index is 11.0. The summed E-state index contributed by atoms with van der Waals surface area (Å²) >= 11 is 0. The van der Waals surface area contributed by atoms with Gasteiger partial charge in [0.15, 0.2) is 17.2 Å². The summed E-state index contributed by atoms with van der Waals surface area (Å²) in [6.07, 6.45) is 0. The van der Waals surface area contributed by atoms with E-state index >= 15 is 0 Å². The van der Waals surface area contributed by atoms with Gasteiger partial charge in [-0.15, -0.1) is 0 Å². The molecule has 0 radical (unpaired) electrons.